The summed E-state index contributed by atoms with van der Waals surface area (Å²) < 4.78 is 22.6. The van der Waals surface area contributed by atoms with E-state index in [-0.39, 0.29) is 42.0 Å². The van der Waals surface area contributed by atoms with Crippen molar-refractivity contribution in [2.24, 2.45) is 5.92 Å². The van der Waals surface area contributed by atoms with E-state index in [9.17, 15) is 23.6 Å². The summed E-state index contributed by atoms with van der Waals surface area (Å²) in [6.07, 6.45) is 3.70. The number of nitrogens with zero attached hydrogens (tertiary/aromatic N) is 5. The van der Waals surface area contributed by atoms with Gasteiger partial charge in [0.15, 0.2) is 23.4 Å². The molecule has 1 saturated carbocycles. The molecule has 3 heterocycles. The predicted octanol–water partition coefficient (Wildman–Crippen LogP) is 1.89. The number of ketones is 1. The van der Waals surface area contributed by atoms with Gasteiger partial charge >= 0.3 is 5.69 Å². The highest BCUT2D eigenvalue weighted by Gasteiger charge is 2.35. The predicted molar refractivity (Wildman–Crippen MR) is 128 cm³/mol. The summed E-state index contributed by atoms with van der Waals surface area (Å²) in [5.41, 5.74) is -0.101. The van der Waals surface area contributed by atoms with E-state index in [0.717, 1.165) is 28.0 Å². The minimum atomic E-state index is -0.788. The van der Waals surface area contributed by atoms with Gasteiger partial charge in [-0.1, -0.05) is 0 Å². The number of likely N-dealkylation sites (N-methyl/N-ethyl adjacent to an activating group) is 1. The Balaban J connectivity index is 1.31. The lowest BCUT2D eigenvalue weighted by molar-refractivity contribution is -0.129. The Labute approximate surface area is 205 Å². The number of amides is 2. The first-order valence-electron chi connectivity index (χ1n) is 11.8. The van der Waals surface area contributed by atoms with Gasteiger partial charge in [0.25, 0.3) is 5.91 Å². The number of Topliss-reactive ketones (excluding diaryl/α,β-unsaturated/α-hetero) is 1. The zero-order valence-electron chi connectivity index (χ0n) is 20.0. The molecule has 11 heteroatoms. The number of hydrogen-bond acceptors (Lipinski definition) is 6. The fourth-order valence-electron chi connectivity index (χ4n) is 4.19. The number of aromatic nitrogens is 3. The van der Waals surface area contributed by atoms with Gasteiger partial charge in [-0.2, -0.15) is 0 Å². The first-order chi connectivity index (χ1) is 17.2. The third-order valence-electron chi connectivity index (χ3n) is 6.50. The van der Waals surface area contributed by atoms with Crippen molar-refractivity contribution in [3.8, 4) is 5.75 Å². The van der Waals surface area contributed by atoms with Crippen molar-refractivity contribution in [3.05, 3.63) is 58.4 Å². The molecule has 0 N–H and O–H groups in total. The van der Waals surface area contributed by atoms with Gasteiger partial charge in [0, 0.05) is 51.3 Å². The van der Waals surface area contributed by atoms with Crippen molar-refractivity contribution < 1.29 is 23.5 Å². The van der Waals surface area contributed by atoms with Crippen molar-refractivity contribution in [1.29, 1.82) is 0 Å². The van der Waals surface area contributed by atoms with Crippen molar-refractivity contribution >= 4 is 28.9 Å². The topological polar surface area (TPSA) is 106 Å². The molecule has 2 aliphatic rings. The van der Waals surface area contributed by atoms with Crippen LogP contribution in [-0.2, 0) is 16.1 Å². The third-order valence-corrected chi connectivity index (χ3v) is 6.50. The molecule has 10 nitrogen and oxygen atoms in total. The molecular weight excluding hydrogens is 469 g/mol. The monoisotopic (exact) mass is 495 g/mol. The Hall–Kier alpha value is -4.02. The number of carbonyl (C=O) groups excluding carboxylic acids is 3. The van der Waals surface area contributed by atoms with Crippen molar-refractivity contribution in [2.75, 3.05) is 25.5 Å². The quantitative estimate of drug-likeness (QED) is 0.442. The number of anilines is 1. The van der Waals surface area contributed by atoms with E-state index in [2.05, 4.69) is 5.10 Å². The van der Waals surface area contributed by atoms with Crippen LogP contribution in [0.5, 0.6) is 5.75 Å². The molecule has 36 heavy (non-hydrogen) atoms. The van der Waals surface area contributed by atoms with E-state index < -0.39 is 17.6 Å². The minimum absolute atomic E-state index is 0.106. The van der Waals surface area contributed by atoms with Crippen molar-refractivity contribution in [3.63, 3.8) is 0 Å². The Kier molecular flexibility index (Phi) is 6.07. The lowest BCUT2D eigenvalue weighted by Gasteiger charge is -2.17. The molecule has 188 valence electrons. The standard InChI is InChI=1S/C25H26FN5O5/c1-28(2)22(33)14-31-25(35)30-13-17(12-19(26)23(30)27-31)29-10-9-21(24(29)34)36-18-7-5-16(6-8-18)20(32)11-15-3-4-15/h5-8,12-13,15,21H,3-4,9-11,14H2,1-2H3/t21-/m1/s1. The molecule has 0 bridgehead atoms. The number of benzene rings is 1. The Morgan fingerprint density at radius 1 is 1.14 bits per heavy atom. The van der Waals surface area contributed by atoms with Crippen LogP contribution < -0.4 is 15.3 Å². The summed E-state index contributed by atoms with van der Waals surface area (Å²) in [5, 5.41) is 3.92. The smallest absolute Gasteiger partial charge is 0.350 e. The molecule has 1 aliphatic carbocycles. The second-order valence-corrected chi connectivity index (χ2v) is 9.45. The Morgan fingerprint density at radius 2 is 1.86 bits per heavy atom. The number of ether oxygens (including phenoxy) is 1. The molecule has 1 saturated heterocycles. The number of fused-ring (bicyclic) bond motifs is 1. The average Bonchev–Trinajstić information content (AvgIpc) is 3.52. The second-order valence-electron chi connectivity index (χ2n) is 9.45. The lowest BCUT2D eigenvalue weighted by atomic mass is 10.1. The number of rotatable bonds is 8. The van der Waals surface area contributed by atoms with Gasteiger partial charge in [-0.15, -0.1) is 5.10 Å². The molecular formula is C25H26FN5O5. The molecule has 5 rings (SSSR count). The summed E-state index contributed by atoms with van der Waals surface area (Å²) >= 11 is 0. The van der Waals surface area contributed by atoms with Crippen LogP contribution in [0, 0.1) is 11.7 Å². The summed E-state index contributed by atoms with van der Waals surface area (Å²) in [7, 11) is 3.09. The molecule has 0 radical (unpaired) electrons. The third kappa shape index (κ3) is 4.60. The Bertz CT molecular complexity index is 1410. The van der Waals surface area contributed by atoms with Gasteiger partial charge in [-0.05, 0) is 43.0 Å². The van der Waals surface area contributed by atoms with Gasteiger partial charge in [0.1, 0.15) is 12.3 Å². The van der Waals surface area contributed by atoms with E-state index >= 15 is 0 Å². The zero-order valence-corrected chi connectivity index (χ0v) is 20.0. The normalized spacial score (nSPS) is 17.6. The van der Waals surface area contributed by atoms with E-state index in [4.69, 9.17) is 4.74 Å². The number of pyridine rings is 1. The number of hydrogen-bond donors (Lipinski definition) is 0. The zero-order chi connectivity index (χ0) is 25.6. The molecule has 0 spiro atoms. The van der Waals surface area contributed by atoms with E-state index in [1.54, 1.807) is 38.4 Å². The maximum Gasteiger partial charge on any atom is 0.350 e. The van der Waals surface area contributed by atoms with Crippen molar-refractivity contribution in [1.82, 2.24) is 19.1 Å². The van der Waals surface area contributed by atoms with E-state index in [1.165, 1.54) is 16.0 Å². The highest BCUT2D eigenvalue weighted by atomic mass is 19.1. The first kappa shape index (κ1) is 23.7. The van der Waals surface area contributed by atoms with Gasteiger partial charge in [-0.3, -0.25) is 14.4 Å². The summed E-state index contributed by atoms with van der Waals surface area (Å²) in [6, 6.07) is 7.88. The van der Waals surface area contributed by atoms with Gasteiger partial charge in [0.05, 0.1) is 5.69 Å². The maximum absolute atomic E-state index is 14.8. The van der Waals surface area contributed by atoms with Crippen LogP contribution >= 0.6 is 0 Å². The molecule has 1 aliphatic heterocycles. The number of halogens is 1. The fourth-order valence-corrected chi connectivity index (χ4v) is 4.19. The van der Waals surface area contributed by atoms with Gasteiger partial charge in [0.2, 0.25) is 5.91 Å². The molecule has 1 aromatic carbocycles. The van der Waals surface area contributed by atoms with Gasteiger partial charge in [-0.25, -0.2) is 18.3 Å². The lowest BCUT2D eigenvalue weighted by Crippen LogP contribution is -2.33. The molecule has 3 aromatic rings. The second kappa shape index (κ2) is 9.21. The highest BCUT2D eigenvalue weighted by Crippen LogP contribution is 2.33. The number of carbonyl (C=O) groups is 3. The van der Waals surface area contributed by atoms with Crippen LogP contribution in [-0.4, -0.2) is 63.4 Å². The summed E-state index contributed by atoms with van der Waals surface area (Å²) in [5.74, 6) is -0.450. The molecule has 2 aromatic heterocycles. The molecule has 1 atom stereocenters. The summed E-state index contributed by atoms with van der Waals surface area (Å²) in [4.78, 5) is 52.6. The molecule has 2 fully saturated rings. The average molecular weight is 496 g/mol. The summed E-state index contributed by atoms with van der Waals surface area (Å²) in [6.45, 7) is -0.0553. The Morgan fingerprint density at radius 3 is 2.53 bits per heavy atom. The van der Waals surface area contributed by atoms with Crippen molar-refractivity contribution in [2.45, 2.75) is 38.3 Å². The van der Waals surface area contributed by atoms with Gasteiger partial charge < -0.3 is 14.5 Å². The van der Waals surface area contributed by atoms with E-state index in [1.807, 2.05) is 0 Å². The molecule has 0 unspecified atom stereocenters. The highest BCUT2D eigenvalue weighted by molar-refractivity contribution is 5.99. The fraction of sp³-hybridized carbons (Fsp3) is 0.400. The SMILES string of the molecule is CN(C)C(=O)Cn1nc2c(F)cc(N3CC[C@@H](Oc4ccc(C(=O)CC5CC5)cc4)C3=O)cn2c1=O. The van der Waals surface area contributed by atoms with Crippen LogP contribution in [0.3, 0.4) is 0 Å². The van der Waals surface area contributed by atoms with Crippen LogP contribution in [0.4, 0.5) is 10.1 Å². The first-order valence-corrected chi connectivity index (χ1v) is 11.8. The van der Waals surface area contributed by atoms with Crippen LogP contribution in [0.2, 0.25) is 0 Å². The maximum atomic E-state index is 14.8. The van der Waals surface area contributed by atoms with Crippen LogP contribution in [0.25, 0.3) is 5.65 Å². The van der Waals surface area contributed by atoms with E-state index in [0.29, 0.717) is 30.1 Å². The minimum Gasteiger partial charge on any atom is -0.481 e. The van der Waals surface area contributed by atoms with Crippen LogP contribution in [0.15, 0.2) is 41.3 Å². The van der Waals surface area contributed by atoms with Crippen LogP contribution in [0.1, 0.15) is 36.0 Å². The largest absolute Gasteiger partial charge is 0.481 e. The molecule has 2 amide bonds.